The van der Waals surface area contributed by atoms with Crippen LogP contribution < -0.4 is 5.73 Å². The number of hydrogen-bond donors (Lipinski definition) is 2. The predicted molar refractivity (Wildman–Crippen MR) is 89.8 cm³/mol. The van der Waals surface area contributed by atoms with Gasteiger partial charge in [0.05, 0.1) is 17.5 Å². The molecule has 3 rings (SSSR count). The van der Waals surface area contributed by atoms with Crippen LogP contribution >= 0.6 is 0 Å². The number of aromatic nitrogens is 2. The molecule has 3 N–H and O–H groups in total. The summed E-state index contributed by atoms with van der Waals surface area (Å²) in [7, 11) is 0. The summed E-state index contributed by atoms with van der Waals surface area (Å²) in [6, 6.07) is 2.70. The first kappa shape index (κ1) is 17.0. The van der Waals surface area contributed by atoms with E-state index in [9.17, 15) is 14.0 Å². The standard InChI is InChI=1S/C18H18FN3O3/c1-9-12(6-7-13(15(9)19)18(24)25)16-17(20)21-8-14(22-16)10-2-4-11(23)5-3-10/h6-8,10H,2-5H2,1H3,(H2,20,21)(H,24,25). The average molecular weight is 343 g/mol. The third-order valence-corrected chi connectivity index (χ3v) is 4.65. The first-order chi connectivity index (χ1) is 11.9. The van der Waals surface area contributed by atoms with Gasteiger partial charge in [-0.3, -0.25) is 4.79 Å². The lowest BCUT2D eigenvalue weighted by Crippen LogP contribution is -2.14. The van der Waals surface area contributed by atoms with Gasteiger partial charge in [0.25, 0.3) is 0 Å². The van der Waals surface area contributed by atoms with Gasteiger partial charge in [-0.25, -0.2) is 19.2 Å². The highest BCUT2D eigenvalue weighted by atomic mass is 19.1. The van der Waals surface area contributed by atoms with Gasteiger partial charge in [0.1, 0.15) is 23.1 Å². The molecule has 0 radical (unpaired) electrons. The molecular weight excluding hydrogens is 325 g/mol. The molecule has 130 valence electrons. The van der Waals surface area contributed by atoms with E-state index < -0.39 is 17.3 Å². The first-order valence-electron chi connectivity index (χ1n) is 8.05. The minimum Gasteiger partial charge on any atom is -0.478 e. The van der Waals surface area contributed by atoms with Gasteiger partial charge in [-0.1, -0.05) is 6.07 Å². The summed E-state index contributed by atoms with van der Waals surface area (Å²) in [5.74, 6) is -1.61. The Balaban J connectivity index is 2.03. The molecule has 1 aliphatic carbocycles. The summed E-state index contributed by atoms with van der Waals surface area (Å²) < 4.78 is 14.3. The van der Waals surface area contributed by atoms with Gasteiger partial charge < -0.3 is 10.8 Å². The Kier molecular flexibility index (Phi) is 4.48. The lowest BCUT2D eigenvalue weighted by molar-refractivity contribution is -0.120. The maximum Gasteiger partial charge on any atom is 0.338 e. The van der Waals surface area contributed by atoms with E-state index in [1.165, 1.54) is 19.1 Å². The van der Waals surface area contributed by atoms with Crippen molar-refractivity contribution in [2.75, 3.05) is 5.73 Å². The molecule has 0 spiro atoms. The third-order valence-electron chi connectivity index (χ3n) is 4.65. The van der Waals surface area contributed by atoms with Crippen molar-refractivity contribution in [1.82, 2.24) is 9.97 Å². The summed E-state index contributed by atoms with van der Waals surface area (Å²) in [6.45, 7) is 1.49. The van der Waals surface area contributed by atoms with Crippen LogP contribution in [0.4, 0.5) is 10.2 Å². The smallest absolute Gasteiger partial charge is 0.338 e. The summed E-state index contributed by atoms with van der Waals surface area (Å²) >= 11 is 0. The SMILES string of the molecule is Cc1c(-c2nc(C3CCC(=O)CC3)cnc2N)ccc(C(=O)O)c1F. The summed E-state index contributed by atoms with van der Waals surface area (Å²) in [5.41, 5.74) is 7.17. The highest BCUT2D eigenvalue weighted by Crippen LogP contribution is 2.34. The molecule has 1 saturated carbocycles. The first-order valence-corrected chi connectivity index (χ1v) is 8.05. The van der Waals surface area contributed by atoms with E-state index >= 15 is 0 Å². The number of nitrogens with two attached hydrogens (primary N) is 1. The maximum atomic E-state index is 14.3. The number of nitrogens with zero attached hydrogens (tertiary/aromatic N) is 2. The number of carboxylic acids is 1. The van der Waals surface area contributed by atoms with E-state index in [0.717, 1.165) is 5.69 Å². The maximum absolute atomic E-state index is 14.3. The van der Waals surface area contributed by atoms with E-state index in [-0.39, 0.29) is 23.1 Å². The van der Waals surface area contributed by atoms with Crippen LogP contribution in [0.3, 0.4) is 0 Å². The van der Waals surface area contributed by atoms with Gasteiger partial charge in [-0.2, -0.15) is 0 Å². The summed E-state index contributed by atoms with van der Waals surface area (Å²) in [6.07, 6.45) is 4.06. The molecule has 0 saturated heterocycles. The van der Waals surface area contributed by atoms with Crippen LogP contribution in [-0.4, -0.2) is 26.8 Å². The largest absolute Gasteiger partial charge is 0.478 e. The van der Waals surface area contributed by atoms with Crippen LogP contribution in [0.15, 0.2) is 18.3 Å². The fourth-order valence-corrected chi connectivity index (χ4v) is 3.15. The van der Waals surface area contributed by atoms with Gasteiger partial charge in [0, 0.05) is 24.3 Å². The number of nitrogen functional groups attached to an aromatic ring is 1. The number of hydrogen-bond acceptors (Lipinski definition) is 5. The molecule has 25 heavy (non-hydrogen) atoms. The minimum atomic E-state index is -1.33. The van der Waals surface area contributed by atoms with Crippen molar-refractivity contribution in [3.05, 3.63) is 41.0 Å². The molecule has 0 atom stereocenters. The molecule has 0 unspecified atom stereocenters. The van der Waals surface area contributed by atoms with E-state index in [4.69, 9.17) is 10.8 Å². The number of ketones is 1. The van der Waals surface area contributed by atoms with Crippen molar-refractivity contribution >= 4 is 17.6 Å². The quantitative estimate of drug-likeness (QED) is 0.887. The molecule has 0 amide bonds. The molecule has 1 heterocycles. The molecule has 0 bridgehead atoms. The fraction of sp³-hybridized carbons (Fsp3) is 0.333. The van der Waals surface area contributed by atoms with E-state index in [1.807, 2.05) is 0 Å². The Labute approximate surface area is 143 Å². The molecule has 6 nitrogen and oxygen atoms in total. The zero-order valence-electron chi connectivity index (χ0n) is 13.8. The molecule has 0 aliphatic heterocycles. The molecule has 1 fully saturated rings. The molecule has 2 aromatic rings. The van der Waals surface area contributed by atoms with Gasteiger partial charge >= 0.3 is 5.97 Å². The monoisotopic (exact) mass is 343 g/mol. The van der Waals surface area contributed by atoms with Gasteiger partial charge in [0.15, 0.2) is 0 Å². The molecule has 1 aliphatic rings. The number of carbonyl (C=O) groups excluding carboxylic acids is 1. The van der Waals surface area contributed by atoms with E-state index in [2.05, 4.69) is 9.97 Å². The number of anilines is 1. The number of carbonyl (C=O) groups is 2. The second kappa shape index (κ2) is 6.58. The second-order valence-electron chi connectivity index (χ2n) is 6.25. The minimum absolute atomic E-state index is 0.119. The number of carboxylic acid groups (broad SMARTS) is 1. The van der Waals surface area contributed by atoms with E-state index in [0.29, 0.717) is 36.9 Å². The number of halogens is 1. The van der Waals surface area contributed by atoms with Crippen molar-refractivity contribution in [3.8, 4) is 11.3 Å². The molecule has 1 aromatic carbocycles. The van der Waals surface area contributed by atoms with Crippen LogP contribution in [0.5, 0.6) is 0 Å². The summed E-state index contributed by atoms with van der Waals surface area (Å²) in [4.78, 5) is 31.2. The van der Waals surface area contributed by atoms with E-state index in [1.54, 1.807) is 6.20 Å². The van der Waals surface area contributed by atoms with Crippen LogP contribution in [0.2, 0.25) is 0 Å². The molecular formula is C18H18FN3O3. The lowest BCUT2D eigenvalue weighted by Gasteiger charge is -2.21. The van der Waals surface area contributed by atoms with Crippen LogP contribution in [0.25, 0.3) is 11.3 Å². The average Bonchev–Trinajstić information content (AvgIpc) is 2.58. The van der Waals surface area contributed by atoms with Crippen molar-refractivity contribution in [2.24, 2.45) is 0 Å². The number of Topliss-reactive ketones (excluding diaryl/α,β-unsaturated/α-hetero) is 1. The Morgan fingerprint density at radius 2 is 2.00 bits per heavy atom. The predicted octanol–water partition coefficient (Wildman–Crippen LogP) is 3.10. The Morgan fingerprint density at radius 1 is 1.32 bits per heavy atom. The molecule has 1 aromatic heterocycles. The van der Waals surface area contributed by atoms with Gasteiger partial charge in [0.2, 0.25) is 0 Å². The topological polar surface area (TPSA) is 106 Å². The summed E-state index contributed by atoms with van der Waals surface area (Å²) in [5, 5.41) is 9.02. The number of benzene rings is 1. The third kappa shape index (κ3) is 3.22. The normalized spacial score (nSPS) is 15.4. The number of aromatic carboxylic acids is 1. The Hall–Kier alpha value is -2.83. The van der Waals surface area contributed by atoms with Gasteiger partial charge in [-0.15, -0.1) is 0 Å². The van der Waals surface area contributed by atoms with Crippen LogP contribution in [-0.2, 0) is 4.79 Å². The molecule has 7 heteroatoms. The Morgan fingerprint density at radius 3 is 2.64 bits per heavy atom. The zero-order chi connectivity index (χ0) is 18.1. The number of rotatable bonds is 3. The highest BCUT2D eigenvalue weighted by Gasteiger charge is 2.24. The van der Waals surface area contributed by atoms with Crippen LogP contribution in [0.1, 0.15) is 53.2 Å². The lowest BCUT2D eigenvalue weighted by atomic mass is 9.86. The van der Waals surface area contributed by atoms with Crippen molar-refractivity contribution < 1.29 is 19.1 Å². The second-order valence-corrected chi connectivity index (χ2v) is 6.25. The van der Waals surface area contributed by atoms with Crippen LogP contribution in [0, 0.1) is 12.7 Å². The van der Waals surface area contributed by atoms with Crippen molar-refractivity contribution in [3.63, 3.8) is 0 Å². The Bertz CT molecular complexity index is 857. The highest BCUT2D eigenvalue weighted by molar-refractivity contribution is 5.89. The van der Waals surface area contributed by atoms with Crippen molar-refractivity contribution in [2.45, 2.75) is 38.5 Å². The van der Waals surface area contributed by atoms with Gasteiger partial charge in [-0.05, 0) is 31.4 Å². The van der Waals surface area contributed by atoms with Crippen molar-refractivity contribution in [1.29, 1.82) is 0 Å². The zero-order valence-corrected chi connectivity index (χ0v) is 13.8. The fourth-order valence-electron chi connectivity index (χ4n) is 3.15.